The number of alkyl halides is 9. The van der Waals surface area contributed by atoms with Crippen LogP contribution < -0.4 is 9.47 Å². The van der Waals surface area contributed by atoms with Crippen molar-refractivity contribution in [2.24, 2.45) is 0 Å². The van der Waals surface area contributed by atoms with E-state index in [9.17, 15) is 52.5 Å². The molecule has 0 aliphatic carbocycles. The summed E-state index contributed by atoms with van der Waals surface area (Å²) in [4.78, 5) is 0.778. The smallest absolute Gasteiger partial charge is 0.417 e. The Morgan fingerprint density at radius 1 is 0.549 bits per heavy atom. The van der Waals surface area contributed by atoms with Crippen LogP contribution in [0.1, 0.15) is 58.2 Å². The van der Waals surface area contributed by atoms with Crippen LogP contribution in [0.25, 0.3) is 0 Å². The molecular weight excluding hydrogens is 735 g/mol. The van der Waals surface area contributed by atoms with Crippen LogP contribution in [-0.4, -0.2) is 24.2 Å². The van der Waals surface area contributed by atoms with Gasteiger partial charge in [0.1, 0.15) is 32.2 Å². The number of benzene rings is 4. The molecule has 0 aliphatic rings. The van der Waals surface area contributed by atoms with Crippen molar-refractivity contribution in [3.63, 3.8) is 0 Å². The third-order valence-corrected chi connectivity index (χ3v) is 9.45. The van der Waals surface area contributed by atoms with Gasteiger partial charge in [0, 0.05) is 0 Å². The minimum absolute atomic E-state index is 0.308. The van der Waals surface area contributed by atoms with E-state index in [1.165, 1.54) is 9.79 Å². The van der Waals surface area contributed by atoms with E-state index < -0.39 is 62.4 Å². The molecule has 0 N–H and O–H groups in total. The van der Waals surface area contributed by atoms with Gasteiger partial charge in [0.15, 0.2) is 21.3 Å². The van der Waals surface area contributed by atoms with Crippen molar-refractivity contribution in [1.82, 2.24) is 0 Å². The van der Waals surface area contributed by atoms with Gasteiger partial charge in [-0.2, -0.15) is 39.5 Å². The number of hydrogen-bond acceptors (Lipinski definition) is 5. The molecule has 0 unspecified atom stereocenters. The number of hydrogen-bond donors (Lipinski definition) is 0. The van der Waals surface area contributed by atoms with Gasteiger partial charge in [-0.1, -0.05) is 42.5 Å². The lowest BCUT2D eigenvalue weighted by Gasteiger charge is -2.26. The second-order valence-electron chi connectivity index (χ2n) is 12.8. The van der Waals surface area contributed by atoms with Crippen molar-refractivity contribution in [2.45, 2.75) is 90.9 Å². The van der Waals surface area contributed by atoms with E-state index in [0.717, 1.165) is 16.4 Å². The van der Waals surface area contributed by atoms with Crippen LogP contribution in [-0.2, 0) is 39.5 Å². The minimum Gasteiger partial charge on any atom is -0.744 e. The Kier molecular flexibility index (Phi) is 12.2. The van der Waals surface area contributed by atoms with Gasteiger partial charge >= 0.3 is 18.5 Å². The molecule has 0 atom stereocenters. The van der Waals surface area contributed by atoms with Crippen LogP contribution in [0.15, 0.2) is 111 Å². The second-order valence-corrected chi connectivity index (χ2v) is 16.1. The van der Waals surface area contributed by atoms with Crippen molar-refractivity contribution in [3.8, 4) is 11.5 Å². The summed E-state index contributed by atoms with van der Waals surface area (Å²) in [6, 6.07) is 25.6. The van der Waals surface area contributed by atoms with Gasteiger partial charge in [-0.05, 0) is 90.1 Å². The number of halogens is 9. The van der Waals surface area contributed by atoms with Gasteiger partial charge in [-0.25, -0.2) is 8.42 Å². The Morgan fingerprint density at radius 2 is 0.902 bits per heavy atom. The topological polar surface area (TPSA) is 75.7 Å². The molecule has 0 aromatic heterocycles. The summed E-state index contributed by atoms with van der Waals surface area (Å²) in [5.41, 5.74) is -8.66. The van der Waals surface area contributed by atoms with Crippen LogP contribution in [0.4, 0.5) is 39.5 Å². The van der Waals surface area contributed by atoms with E-state index in [1.54, 1.807) is 0 Å². The molecule has 0 radical (unpaired) electrons. The van der Waals surface area contributed by atoms with Crippen LogP contribution in [0.3, 0.4) is 0 Å². The maximum atomic E-state index is 12.6. The lowest BCUT2D eigenvalue weighted by molar-refractivity contribution is -0.152. The van der Waals surface area contributed by atoms with Crippen molar-refractivity contribution in [3.05, 3.63) is 108 Å². The zero-order valence-corrected chi connectivity index (χ0v) is 29.6. The molecule has 0 heterocycles. The third kappa shape index (κ3) is 11.6. The summed E-state index contributed by atoms with van der Waals surface area (Å²) >= 11 is 0. The largest absolute Gasteiger partial charge is 0.744 e. The van der Waals surface area contributed by atoms with Crippen LogP contribution in [0.5, 0.6) is 11.5 Å². The molecule has 5 nitrogen and oxygen atoms in total. The highest BCUT2D eigenvalue weighted by atomic mass is 32.2. The number of ether oxygens (including phenoxy) is 2. The SMILES string of the molecule is CC(C)(C)Oc1cccc(OC(C)(C)C)c1[S+](c1ccccc1)c1ccccc1.O=S(=O)([O-])c1c(C(F)(F)F)cc(C(F)(F)F)cc1C(F)(F)F. The molecule has 0 saturated heterocycles. The quantitative estimate of drug-likeness (QED) is 0.111. The van der Waals surface area contributed by atoms with Crippen LogP contribution in [0.2, 0.25) is 0 Å². The number of rotatable bonds is 6. The van der Waals surface area contributed by atoms with E-state index in [-0.39, 0.29) is 22.1 Å². The summed E-state index contributed by atoms with van der Waals surface area (Å²) in [7, 11) is -6.71. The molecule has 0 aliphatic heterocycles. The van der Waals surface area contributed by atoms with Gasteiger partial charge in [0.2, 0.25) is 4.90 Å². The Bertz CT molecular complexity index is 1790. The van der Waals surface area contributed by atoms with Crippen LogP contribution in [0, 0.1) is 0 Å². The molecule has 4 aromatic rings. The lowest BCUT2D eigenvalue weighted by atomic mass is 10.0. The predicted molar refractivity (Wildman–Crippen MR) is 172 cm³/mol. The fraction of sp³-hybridized carbons (Fsp3) is 0.314. The highest BCUT2D eigenvalue weighted by Gasteiger charge is 2.46. The average molecular weight is 769 g/mol. The van der Waals surface area contributed by atoms with E-state index in [4.69, 9.17) is 9.47 Å². The van der Waals surface area contributed by atoms with Crippen molar-refractivity contribution in [2.75, 3.05) is 0 Å². The summed E-state index contributed by atoms with van der Waals surface area (Å²) in [5.74, 6) is 1.74. The predicted octanol–water partition coefficient (Wildman–Crippen LogP) is 10.8. The van der Waals surface area contributed by atoms with E-state index >= 15 is 0 Å². The zero-order valence-electron chi connectivity index (χ0n) is 27.9. The molecule has 0 spiro atoms. The highest BCUT2D eigenvalue weighted by Crippen LogP contribution is 2.46. The molecule has 0 amide bonds. The summed E-state index contributed by atoms with van der Waals surface area (Å²) in [6.45, 7) is 12.5. The molecule has 4 aromatic carbocycles. The van der Waals surface area contributed by atoms with Crippen molar-refractivity contribution >= 4 is 21.0 Å². The Labute approximate surface area is 292 Å². The molecule has 4 rings (SSSR count). The van der Waals surface area contributed by atoms with Crippen molar-refractivity contribution < 1.29 is 62.0 Å². The van der Waals surface area contributed by atoms with Crippen LogP contribution >= 0.6 is 0 Å². The summed E-state index contributed by atoms with van der Waals surface area (Å²) in [5, 5.41) is 0. The molecule has 51 heavy (non-hydrogen) atoms. The normalized spacial score (nSPS) is 13.0. The molecule has 278 valence electrons. The van der Waals surface area contributed by atoms with Gasteiger partial charge in [-0.3, -0.25) is 0 Å². The van der Waals surface area contributed by atoms with Crippen molar-refractivity contribution in [1.29, 1.82) is 0 Å². The van der Waals surface area contributed by atoms with Gasteiger partial charge in [0.25, 0.3) is 0 Å². The Hall–Kier alpha value is -3.89. The van der Waals surface area contributed by atoms with Gasteiger partial charge in [-0.15, -0.1) is 0 Å². The fourth-order valence-electron chi connectivity index (χ4n) is 4.49. The first kappa shape index (κ1) is 41.5. The standard InChI is InChI=1S/C26H31O2S.C9H3F9O3S/c1-25(2,3)27-22-18-13-19-23(28-26(4,5)6)24(22)29(20-14-9-7-10-15-20)21-16-11-8-12-17-21;10-7(11,12)3-1-4(8(13,14)15)6(22(19,20)21)5(2-3)9(16,17)18/h7-19H,1-6H3;1-2H,(H,19,20,21)/q+1;/p-1. The van der Waals surface area contributed by atoms with E-state index in [0.29, 0.717) is 0 Å². The molecule has 0 saturated carbocycles. The zero-order chi connectivity index (χ0) is 38.8. The maximum absolute atomic E-state index is 12.6. The van der Waals surface area contributed by atoms with Gasteiger partial charge in [0.05, 0.1) is 21.6 Å². The highest BCUT2D eigenvalue weighted by molar-refractivity contribution is 7.97. The molecule has 0 fully saturated rings. The molecule has 0 bridgehead atoms. The molecular formula is C35H33F9O5S2. The van der Waals surface area contributed by atoms with E-state index in [2.05, 4.69) is 114 Å². The Morgan fingerprint density at radius 3 is 1.18 bits per heavy atom. The van der Waals surface area contributed by atoms with Gasteiger partial charge < -0.3 is 14.0 Å². The maximum Gasteiger partial charge on any atom is 0.417 e. The monoisotopic (exact) mass is 768 g/mol. The third-order valence-electron chi connectivity index (χ3n) is 6.21. The Balaban J connectivity index is 0.000000287. The first-order chi connectivity index (χ1) is 23.1. The lowest BCUT2D eigenvalue weighted by Crippen LogP contribution is -2.26. The fourth-order valence-corrected chi connectivity index (χ4v) is 7.60. The average Bonchev–Trinajstić information content (AvgIpc) is 2.96. The van der Waals surface area contributed by atoms with E-state index in [1.807, 2.05) is 6.07 Å². The second kappa shape index (κ2) is 15.0. The minimum atomic E-state index is -6.35. The first-order valence-electron chi connectivity index (χ1n) is 14.8. The summed E-state index contributed by atoms with van der Waals surface area (Å²) in [6.07, 6.45) is -17.5. The first-order valence-corrected chi connectivity index (χ1v) is 17.4. The molecule has 16 heteroatoms. The summed E-state index contributed by atoms with van der Waals surface area (Å²) < 4.78 is 158.